The lowest BCUT2D eigenvalue weighted by Gasteiger charge is -2.36. The maximum atomic E-state index is 11.8. The van der Waals surface area contributed by atoms with E-state index in [-0.39, 0.29) is 5.91 Å². The molecule has 0 atom stereocenters. The number of nitrogens with one attached hydrogen (secondary N) is 2. The Hall–Kier alpha value is -2.44. The quantitative estimate of drug-likeness (QED) is 0.708. The highest BCUT2D eigenvalue weighted by molar-refractivity contribution is 7.80. The van der Waals surface area contributed by atoms with Gasteiger partial charge >= 0.3 is 0 Å². The number of hydrogen-bond donors (Lipinski definition) is 2. The highest BCUT2D eigenvalue weighted by Gasteiger charge is 2.17. The van der Waals surface area contributed by atoms with Crippen molar-refractivity contribution < 1.29 is 4.79 Å². The van der Waals surface area contributed by atoms with Crippen molar-refractivity contribution in [1.82, 2.24) is 10.2 Å². The van der Waals surface area contributed by atoms with E-state index < -0.39 is 0 Å². The number of hydrogen-bond acceptors (Lipinski definition) is 4. The van der Waals surface area contributed by atoms with E-state index in [4.69, 9.17) is 12.2 Å². The van der Waals surface area contributed by atoms with Crippen LogP contribution < -0.4 is 15.5 Å². The van der Waals surface area contributed by atoms with Gasteiger partial charge in [0, 0.05) is 50.5 Å². The van der Waals surface area contributed by atoms with E-state index in [1.807, 2.05) is 26.0 Å². The number of amides is 1. The molecule has 0 bridgehead atoms. The largest absolute Gasteiger partial charge is 0.369 e. The summed E-state index contributed by atoms with van der Waals surface area (Å²) < 4.78 is 0. The number of carbonyl (C=O) groups excluding carboxylic acids is 1. The molecule has 0 spiro atoms. The SMILES string of the molecule is CC(C)CC(=O)NC(=S)Nc1ccc(N2CCN(Cc3ccccc3)CC2)cc1. The molecule has 1 fully saturated rings. The topological polar surface area (TPSA) is 47.6 Å². The summed E-state index contributed by atoms with van der Waals surface area (Å²) >= 11 is 5.23. The fraction of sp³-hybridized carbons (Fsp3) is 0.391. The van der Waals surface area contributed by atoms with Crippen molar-refractivity contribution in [2.45, 2.75) is 26.8 Å². The molecule has 0 saturated carbocycles. The lowest BCUT2D eigenvalue weighted by atomic mass is 10.1. The van der Waals surface area contributed by atoms with Crippen molar-refractivity contribution in [3.63, 3.8) is 0 Å². The van der Waals surface area contributed by atoms with E-state index in [9.17, 15) is 4.79 Å². The molecule has 1 aliphatic heterocycles. The van der Waals surface area contributed by atoms with Gasteiger partial charge in [-0.3, -0.25) is 9.69 Å². The first-order chi connectivity index (χ1) is 14.0. The highest BCUT2D eigenvalue weighted by atomic mass is 32.1. The third-order valence-electron chi connectivity index (χ3n) is 4.96. The summed E-state index contributed by atoms with van der Waals surface area (Å²) in [6.45, 7) is 9.18. The van der Waals surface area contributed by atoms with Crippen molar-refractivity contribution in [3.05, 3.63) is 60.2 Å². The first-order valence-electron chi connectivity index (χ1n) is 10.2. The molecule has 29 heavy (non-hydrogen) atoms. The predicted molar refractivity (Wildman–Crippen MR) is 124 cm³/mol. The van der Waals surface area contributed by atoms with Crippen molar-refractivity contribution in [2.24, 2.45) is 5.92 Å². The van der Waals surface area contributed by atoms with Gasteiger partial charge in [-0.2, -0.15) is 0 Å². The van der Waals surface area contributed by atoms with Crippen LogP contribution in [0.1, 0.15) is 25.8 Å². The minimum absolute atomic E-state index is 0.0532. The molecule has 1 saturated heterocycles. The van der Waals surface area contributed by atoms with Gasteiger partial charge < -0.3 is 15.5 Å². The van der Waals surface area contributed by atoms with E-state index in [1.165, 1.54) is 11.3 Å². The predicted octanol–water partition coefficient (Wildman–Crippen LogP) is 3.87. The third kappa shape index (κ3) is 6.84. The second-order valence-electron chi connectivity index (χ2n) is 7.90. The molecule has 6 heteroatoms. The Labute approximate surface area is 179 Å². The molecule has 0 aliphatic carbocycles. The Balaban J connectivity index is 1.46. The minimum atomic E-state index is -0.0532. The van der Waals surface area contributed by atoms with E-state index in [0.717, 1.165) is 38.4 Å². The smallest absolute Gasteiger partial charge is 0.226 e. The Bertz CT molecular complexity index is 799. The summed E-state index contributed by atoms with van der Waals surface area (Å²) in [5.41, 5.74) is 3.46. The van der Waals surface area contributed by atoms with Crippen LogP contribution in [-0.2, 0) is 11.3 Å². The summed E-state index contributed by atoms with van der Waals surface area (Å²) in [6.07, 6.45) is 0.469. The highest BCUT2D eigenvalue weighted by Crippen LogP contribution is 2.20. The Kier molecular flexibility index (Phi) is 7.61. The number of nitrogens with zero attached hydrogens (tertiary/aromatic N) is 2. The molecule has 154 valence electrons. The summed E-state index contributed by atoms with van der Waals surface area (Å²) in [5, 5.41) is 6.16. The van der Waals surface area contributed by atoms with Crippen LogP contribution in [0.5, 0.6) is 0 Å². The van der Waals surface area contributed by atoms with Crippen LogP contribution in [0, 0.1) is 5.92 Å². The Morgan fingerprint density at radius 2 is 1.66 bits per heavy atom. The molecule has 0 unspecified atom stereocenters. The van der Waals surface area contributed by atoms with Gasteiger partial charge in [0.25, 0.3) is 0 Å². The molecule has 1 aliphatic rings. The van der Waals surface area contributed by atoms with Crippen LogP contribution in [0.4, 0.5) is 11.4 Å². The Morgan fingerprint density at radius 3 is 2.28 bits per heavy atom. The number of benzene rings is 2. The molecule has 2 aromatic rings. The van der Waals surface area contributed by atoms with E-state index in [2.05, 4.69) is 62.9 Å². The van der Waals surface area contributed by atoms with Gasteiger partial charge in [0.15, 0.2) is 5.11 Å². The van der Waals surface area contributed by atoms with Gasteiger partial charge in [-0.05, 0) is 48.0 Å². The zero-order valence-corrected chi connectivity index (χ0v) is 18.0. The zero-order valence-electron chi connectivity index (χ0n) is 17.2. The molecular weight excluding hydrogens is 380 g/mol. The summed E-state index contributed by atoms with van der Waals surface area (Å²) in [6, 6.07) is 18.9. The molecule has 1 amide bonds. The average molecular weight is 411 g/mol. The molecule has 3 rings (SSSR count). The molecule has 2 N–H and O–H groups in total. The van der Waals surface area contributed by atoms with Gasteiger partial charge in [-0.1, -0.05) is 44.2 Å². The van der Waals surface area contributed by atoms with Gasteiger partial charge in [-0.25, -0.2) is 0 Å². The molecule has 0 aromatic heterocycles. The molecular formula is C23H30N4OS. The van der Waals surface area contributed by atoms with Crippen LogP contribution in [0.15, 0.2) is 54.6 Å². The maximum absolute atomic E-state index is 11.8. The fourth-order valence-electron chi connectivity index (χ4n) is 3.47. The molecule has 5 nitrogen and oxygen atoms in total. The number of piperazine rings is 1. The van der Waals surface area contributed by atoms with Crippen LogP contribution in [0.3, 0.4) is 0 Å². The first-order valence-corrected chi connectivity index (χ1v) is 10.6. The normalized spacial score (nSPS) is 14.7. The first kappa shape index (κ1) is 21.3. The van der Waals surface area contributed by atoms with Gasteiger partial charge in [0.1, 0.15) is 0 Å². The monoisotopic (exact) mass is 410 g/mol. The van der Waals surface area contributed by atoms with Crippen LogP contribution in [0.2, 0.25) is 0 Å². The number of thiocarbonyl (C=S) groups is 1. The molecule has 0 radical (unpaired) electrons. The van der Waals surface area contributed by atoms with Crippen LogP contribution in [-0.4, -0.2) is 42.1 Å². The summed E-state index contributed by atoms with van der Waals surface area (Å²) in [4.78, 5) is 16.7. The number of carbonyl (C=O) groups is 1. The van der Waals surface area contributed by atoms with Crippen molar-refractivity contribution in [1.29, 1.82) is 0 Å². The minimum Gasteiger partial charge on any atom is -0.369 e. The van der Waals surface area contributed by atoms with Crippen LogP contribution in [0.25, 0.3) is 0 Å². The number of anilines is 2. The van der Waals surface area contributed by atoms with Gasteiger partial charge in [0.2, 0.25) is 5.91 Å². The fourth-order valence-corrected chi connectivity index (χ4v) is 3.70. The lowest BCUT2D eigenvalue weighted by molar-refractivity contribution is -0.120. The van der Waals surface area contributed by atoms with Crippen molar-refractivity contribution in [3.8, 4) is 0 Å². The second-order valence-corrected chi connectivity index (χ2v) is 8.30. The molecule has 1 heterocycles. The molecule has 2 aromatic carbocycles. The summed E-state index contributed by atoms with van der Waals surface area (Å²) in [5.74, 6) is 0.257. The second kappa shape index (κ2) is 10.4. The van der Waals surface area contributed by atoms with Crippen molar-refractivity contribution in [2.75, 3.05) is 36.4 Å². The lowest BCUT2D eigenvalue weighted by Crippen LogP contribution is -2.45. The standard InChI is InChI=1S/C23H30N4OS/c1-18(2)16-22(28)25-23(29)24-20-8-10-21(11-9-20)27-14-12-26(13-15-27)17-19-6-4-3-5-7-19/h3-11,18H,12-17H2,1-2H3,(H2,24,25,28,29). The van der Waals surface area contributed by atoms with Gasteiger partial charge in [0.05, 0.1) is 0 Å². The van der Waals surface area contributed by atoms with Crippen LogP contribution >= 0.6 is 12.2 Å². The van der Waals surface area contributed by atoms with E-state index >= 15 is 0 Å². The van der Waals surface area contributed by atoms with Crippen molar-refractivity contribution >= 4 is 34.6 Å². The van der Waals surface area contributed by atoms with E-state index in [1.54, 1.807) is 0 Å². The average Bonchev–Trinajstić information content (AvgIpc) is 2.69. The third-order valence-corrected chi connectivity index (χ3v) is 5.16. The number of rotatable bonds is 6. The van der Waals surface area contributed by atoms with E-state index in [0.29, 0.717) is 17.5 Å². The zero-order chi connectivity index (χ0) is 20.6. The Morgan fingerprint density at radius 1 is 1.00 bits per heavy atom. The van der Waals surface area contributed by atoms with Gasteiger partial charge in [-0.15, -0.1) is 0 Å². The maximum Gasteiger partial charge on any atom is 0.226 e. The summed E-state index contributed by atoms with van der Waals surface area (Å²) in [7, 11) is 0.